The number of hydrogen-bond acceptors (Lipinski definition) is 6. The summed E-state index contributed by atoms with van der Waals surface area (Å²) in [4.78, 5) is 41.4. The van der Waals surface area contributed by atoms with Gasteiger partial charge in [-0.05, 0) is 48.7 Å². The molecule has 2 aliphatic heterocycles. The van der Waals surface area contributed by atoms with Gasteiger partial charge in [0.15, 0.2) is 17.5 Å². The molecule has 1 saturated heterocycles. The zero-order valence-corrected chi connectivity index (χ0v) is 16.1. The molecule has 0 radical (unpaired) electrons. The number of pyridine rings is 1. The van der Waals surface area contributed by atoms with Crippen molar-refractivity contribution < 1.29 is 37.7 Å². The molecule has 0 spiro atoms. The Kier molecular flexibility index (Phi) is 4.96. The van der Waals surface area contributed by atoms with Gasteiger partial charge in [-0.25, -0.2) is 14.5 Å². The van der Waals surface area contributed by atoms with Crippen LogP contribution in [0, 0.1) is 5.92 Å². The third kappa shape index (κ3) is 3.86. The smallest absolute Gasteiger partial charge is 0.480 e. The van der Waals surface area contributed by atoms with Crippen LogP contribution < -0.4 is 14.8 Å². The van der Waals surface area contributed by atoms with Crippen LogP contribution in [-0.2, 0) is 16.0 Å². The SMILES string of the molecule is C[C@@H](NC(=O)N1C(=O)[C@H](Cc2ccncc2)[C@H]1C(=O)O)c1ccc2c(c1)OC(F)(F)O2. The maximum absolute atomic E-state index is 13.2. The van der Waals surface area contributed by atoms with Gasteiger partial charge < -0.3 is 19.9 Å². The van der Waals surface area contributed by atoms with Gasteiger partial charge in [0.25, 0.3) is 0 Å². The highest BCUT2D eigenvalue weighted by atomic mass is 19.3. The molecule has 31 heavy (non-hydrogen) atoms. The molecule has 11 heteroatoms. The highest BCUT2D eigenvalue weighted by Gasteiger charge is 2.54. The van der Waals surface area contributed by atoms with E-state index < -0.39 is 42.2 Å². The number of likely N-dealkylation sites (tertiary alicyclic amines) is 1. The lowest BCUT2D eigenvalue weighted by molar-refractivity contribution is -0.286. The topological polar surface area (TPSA) is 118 Å². The monoisotopic (exact) mass is 433 g/mol. The molecule has 3 heterocycles. The number of benzene rings is 1. The molecule has 0 saturated carbocycles. The fraction of sp³-hybridized carbons (Fsp3) is 0.300. The number of β-lactam (4-membered cyclic amide) rings is 1. The average molecular weight is 433 g/mol. The minimum atomic E-state index is -3.77. The van der Waals surface area contributed by atoms with Crippen LogP contribution >= 0.6 is 0 Å². The Labute approximate surface area is 174 Å². The minimum absolute atomic E-state index is 0.143. The highest BCUT2D eigenvalue weighted by Crippen LogP contribution is 2.42. The van der Waals surface area contributed by atoms with E-state index in [9.17, 15) is 28.3 Å². The standard InChI is InChI=1S/C20H17F2N3O6/c1-10(12-2-3-14-15(9-12)31-20(21,22)30-14)24-19(29)25-16(18(27)28)13(17(25)26)8-11-4-6-23-7-5-11/h2-7,9-10,13,16H,8H2,1H3,(H,24,29)(H,27,28)/t10-,13-,16+/m1/s1. The second-order valence-electron chi connectivity index (χ2n) is 7.20. The first kappa shape index (κ1) is 20.5. The summed E-state index contributed by atoms with van der Waals surface area (Å²) in [5.74, 6) is -3.13. The Bertz CT molecular complexity index is 1050. The van der Waals surface area contributed by atoms with Crippen molar-refractivity contribution in [3.05, 3.63) is 53.9 Å². The van der Waals surface area contributed by atoms with E-state index in [0.29, 0.717) is 10.5 Å². The summed E-state index contributed by atoms with van der Waals surface area (Å²) in [6.45, 7) is 1.56. The number of aliphatic carboxylic acids is 1. The summed E-state index contributed by atoms with van der Waals surface area (Å²) in [6.07, 6.45) is -0.548. The number of carbonyl (C=O) groups is 3. The molecule has 4 rings (SSSR count). The predicted molar refractivity (Wildman–Crippen MR) is 99.3 cm³/mol. The van der Waals surface area contributed by atoms with Crippen molar-refractivity contribution in [3.8, 4) is 11.5 Å². The summed E-state index contributed by atoms with van der Waals surface area (Å²) >= 11 is 0. The Morgan fingerprint density at radius 3 is 2.58 bits per heavy atom. The summed E-state index contributed by atoms with van der Waals surface area (Å²) in [6, 6.07) is 4.40. The molecule has 0 bridgehead atoms. The number of imide groups is 1. The van der Waals surface area contributed by atoms with E-state index in [1.54, 1.807) is 19.1 Å². The number of carboxylic acid groups (broad SMARTS) is 1. The van der Waals surface area contributed by atoms with Gasteiger partial charge in [0, 0.05) is 12.4 Å². The van der Waals surface area contributed by atoms with Gasteiger partial charge in [0.1, 0.15) is 0 Å². The molecule has 2 aromatic rings. The number of hydrogen-bond donors (Lipinski definition) is 2. The minimum Gasteiger partial charge on any atom is -0.480 e. The molecule has 0 unspecified atom stereocenters. The molecule has 9 nitrogen and oxygen atoms in total. The van der Waals surface area contributed by atoms with Gasteiger partial charge in [-0.15, -0.1) is 8.78 Å². The lowest BCUT2D eigenvalue weighted by Crippen LogP contribution is -2.68. The zero-order chi connectivity index (χ0) is 22.3. The summed E-state index contributed by atoms with van der Waals surface area (Å²) in [5, 5.41) is 12.1. The van der Waals surface area contributed by atoms with Gasteiger partial charge in [-0.3, -0.25) is 9.78 Å². The van der Waals surface area contributed by atoms with Crippen molar-refractivity contribution in [1.29, 1.82) is 0 Å². The molecule has 1 aromatic carbocycles. The number of urea groups is 1. The van der Waals surface area contributed by atoms with Crippen molar-refractivity contribution >= 4 is 17.9 Å². The van der Waals surface area contributed by atoms with Crippen molar-refractivity contribution in [3.63, 3.8) is 0 Å². The van der Waals surface area contributed by atoms with Gasteiger partial charge in [-0.1, -0.05) is 6.07 Å². The first-order valence-corrected chi connectivity index (χ1v) is 9.31. The van der Waals surface area contributed by atoms with E-state index in [1.807, 2.05) is 0 Å². The number of carboxylic acids is 1. The van der Waals surface area contributed by atoms with E-state index in [-0.39, 0.29) is 17.9 Å². The number of amides is 3. The van der Waals surface area contributed by atoms with E-state index in [2.05, 4.69) is 19.8 Å². The molecule has 3 atom stereocenters. The Balaban J connectivity index is 1.44. The molecule has 2 N–H and O–H groups in total. The lowest BCUT2D eigenvalue weighted by Gasteiger charge is -2.43. The van der Waals surface area contributed by atoms with Gasteiger partial charge in [0.2, 0.25) is 5.91 Å². The normalized spacial score (nSPS) is 21.9. The van der Waals surface area contributed by atoms with Crippen LogP contribution in [0.4, 0.5) is 13.6 Å². The number of rotatable bonds is 5. The van der Waals surface area contributed by atoms with Gasteiger partial charge >= 0.3 is 18.3 Å². The number of nitrogens with zero attached hydrogens (tertiary/aromatic N) is 2. The molecular weight excluding hydrogens is 416 g/mol. The van der Waals surface area contributed by atoms with E-state index in [4.69, 9.17) is 0 Å². The Morgan fingerprint density at radius 1 is 1.23 bits per heavy atom. The first-order valence-electron chi connectivity index (χ1n) is 9.31. The molecule has 1 aromatic heterocycles. The predicted octanol–water partition coefficient (Wildman–Crippen LogP) is 2.33. The van der Waals surface area contributed by atoms with Crippen LogP contribution in [0.2, 0.25) is 0 Å². The first-order chi connectivity index (χ1) is 14.7. The molecule has 2 aliphatic rings. The fourth-order valence-electron chi connectivity index (χ4n) is 3.60. The average Bonchev–Trinajstić information content (AvgIpc) is 3.03. The number of alkyl halides is 2. The Hall–Kier alpha value is -3.76. The maximum Gasteiger partial charge on any atom is 0.586 e. The third-order valence-corrected chi connectivity index (χ3v) is 5.16. The largest absolute Gasteiger partial charge is 0.586 e. The van der Waals surface area contributed by atoms with Crippen molar-refractivity contribution in [2.45, 2.75) is 31.7 Å². The second kappa shape index (κ2) is 7.49. The van der Waals surface area contributed by atoms with Crippen LogP contribution in [0.1, 0.15) is 24.1 Å². The summed E-state index contributed by atoms with van der Waals surface area (Å²) in [5.41, 5.74) is 1.13. The lowest BCUT2D eigenvalue weighted by atomic mass is 9.82. The number of aromatic nitrogens is 1. The third-order valence-electron chi connectivity index (χ3n) is 5.16. The molecule has 1 fully saturated rings. The van der Waals surface area contributed by atoms with Crippen molar-refractivity contribution in [2.75, 3.05) is 0 Å². The van der Waals surface area contributed by atoms with Crippen molar-refractivity contribution in [2.24, 2.45) is 5.92 Å². The van der Waals surface area contributed by atoms with Gasteiger partial charge in [-0.2, -0.15) is 0 Å². The second-order valence-corrected chi connectivity index (χ2v) is 7.20. The van der Waals surface area contributed by atoms with E-state index >= 15 is 0 Å². The van der Waals surface area contributed by atoms with Crippen LogP contribution in [0.15, 0.2) is 42.7 Å². The van der Waals surface area contributed by atoms with E-state index in [1.165, 1.54) is 30.6 Å². The maximum atomic E-state index is 13.2. The fourth-order valence-corrected chi connectivity index (χ4v) is 3.60. The summed E-state index contributed by atoms with van der Waals surface area (Å²) in [7, 11) is 0. The van der Waals surface area contributed by atoms with Crippen molar-refractivity contribution in [1.82, 2.24) is 15.2 Å². The van der Waals surface area contributed by atoms with Crippen LogP contribution in [0.5, 0.6) is 11.5 Å². The molecule has 0 aliphatic carbocycles. The highest BCUT2D eigenvalue weighted by molar-refractivity contribution is 6.07. The molecular formula is C20H17F2N3O6. The quantitative estimate of drug-likeness (QED) is 0.695. The van der Waals surface area contributed by atoms with Gasteiger partial charge in [0.05, 0.1) is 12.0 Å². The number of halogens is 2. The number of nitrogens with one attached hydrogen (secondary N) is 1. The summed E-state index contributed by atoms with van der Waals surface area (Å²) < 4.78 is 35.1. The number of ether oxygens (including phenoxy) is 2. The van der Waals surface area contributed by atoms with Crippen LogP contribution in [-0.4, -0.2) is 45.2 Å². The molecule has 162 valence electrons. The Morgan fingerprint density at radius 2 is 1.90 bits per heavy atom. The molecule has 3 amide bonds. The van der Waals surface area contributed by atoms with Crippen LogP contribution in [0.25, 0.3) is 0 Å². The van der Waals surface area contributed by atoms with Crippen LogP contribution in [0.3, 0.4) is 0 Å². The number of carbonyl (C=O) groups excluding carboxylic acids is 2. The van der Waals surface area contributed by atoms with E-state index in [0.717, 1.165) is 5.56 Å². The number of fused-ring (bicyclic) bond motifs is 1. The zero-order valence-electron chi connectivity index (χ0n) is 16.1.